The van der Waals surface area contributed by atoms with Crippen LogP contribution in [0.2, 0.25) is 0 Å². The number of imidazole rings is 1. The SMILES string of the molecule is CC(C)NC(C)(C#N)CC(C)n1ccnc1C#N. The van der Waals surface area contributed by atoms with Crippen LogP contribution in [-0.4, -0.2) is 21.1 Å². The van der Waals surface area contributed by atoms with Crippen molar-refractivity contribution in [2.24, 2.45) is 0 Å². The highest BCUT2D eigenvalue weighted by Crippen LogP contribution is 2.22. The molecule has 1 heterocycles. The quantitative estimate of drug-likeness (QED) is 0.860. The smallest absolute Gasteiger partial charge is 0.212 e. The molecule has 0 radical (unpaired) electrons. The zero-order valence-electron chi connectivity index (χ0n) is 11.3. The lowest BCUT2D eigenvalue weighted by Crippen LogP contribution is -2.46. The molecule has 5 nitrogen and oxygen atoms in total. The molecule has 1 aromatic heterocycles. The average molecular weight is 245 g/mol. The van der Waals surface area contributed by atoms with Crippen molar-refractivity contribution in [3.63, 3.8) is 0 Å². The lowest BCUT2D eigenvalue weighted by atomic mass is 9.94. The minimum absolute atomic E-state index is 0.0399. The van der Waals surface area contributed by atoms with Gasteiger partial charge in [0.1, 0.15) is 11.6 Å². The molecule has 0 aromatic carbocycles. The van der Waals surface area contributed by atoms with Crippen LogP contribution >= 0.6 is 0 Å². The molecule has 0 bridgehead atoms. The van der Waals surface area contributed by atoms with Crippen molar-refractivity contribution in [2.45, 2.75) is 51.7 Å². The molecule has 0 saturated carbocycles. The molecule has 2 unspecified atom stereocenters. The van der Waals surface area contributed by atoms with E-state index in [9.17, 15) is 5.26 Å². The Morgan fingerprint density at radius 3 is 2.61 bits per heavy atom. The van der Waals surface area contributed by atoms with Crippen molar-refractivity contribution >= 4 is 0 Å². The van der Waals surface area contributed by atoms with Crippen LogP contribution < -0.4 is 5.32 Å². The van der Waals surface area contributed by atoms with Crippen molar-refractivity contribution < 1.29 is 0 Å². The van der Waals surface area contributed by atoms with Crippen LogP contribution in [0, 0.1) is 22.7 Å². The molecule has 1 N–H and O–H groups in total. The second kappa shape index (κ2) is 5.66. The first-order valence-corrected chi connectivity index (χ1v) is 6.03. The van der Waals surface area contributed by atoms with Gasteiger partial charge in [-0.2, -0.15) is 10.5 Å². The number of hydrogen-bond donors (Lipinski definition) is 1. The van der Waals surface area contributed by atoms with Gasteiger partial charge in [-0.25, -0.2) is 4.98 Å². The van der Waals surface area contributed by atoms with Gasteiger partial charge in [0.05, 0.1) is 6.07 Å². The Kier molecular flexibility index (Phi) is 4.47. The molecule has 18 heavy (non-hydrogen) atoms. The van der Waals surface area contributed by atoms with Crippen LogP contribution in [0.15, 0.2) is 12.4 Å². The normalized spacial score (nSPS) is 15.7. The van der Waals surface area contributed by atoms with Gasteiger partial charge in [-0.3, -0.25) is 5.32 Å². The molecule has 5 heteroatoms. The van der Waals surface area contributed by atoms with E-state index in [0.29, 0.717) is 12.2 Å². The lowest BCUT2D eigenvalue weighted by molar-refractivity contribution is 0.326. The number of aromatic nitrogens is 2. The van der Waals surface area contributed by atoms with Crippen molar-refractivity contribution in [1.29, 1.82) is 10.5 Å². The van der Waals surface area contributed by atoms with Gasteiger partial charge in [-0.05, 0) is 34.1 Å². The van der Waals surface area contributed by atoms with Gasteiger partial charge < -0.3 is 4.57 Å². The highest BCUT2D eigenvalue weighted by molar-refractivity contribution is 5.14. The van der Waals surface area contributed by atoms with Gasteiger partial charge >= 0.3 is 0 Å². The fraction of sp³-hybridized carbons (Fsp3) is 0.615. The Morgan fingerprint density at radius 1 is 1.44 bits per heavy atom. The average Bonchev–Trinajstić information content (AvgIpc) is 2.75. The third-order valence-corrected chi connectivity index (χ3v) is 2.80. The Bertz CT molecular complexity index is 476. The van der Waals surface area contributed by atoms with Crippen LogP contribution in [0.4, 0.5) is 0 Å². The summed E-state index contributed by atoms with van der Waals surface area (Å²) >= 11 is 0. The summed E-state index contributed by atoms with van der Waals surface area (Å²) in [6.07, 6.45) is 4.00. The summed E-state index contributed by atoms with van der Waals surface area (Å²) in [5, 5.41) is 21.5. The van der Waals surface area contributed by atoms with Gasteiger partial charge in [0.2, 0.25) is 5.82 Å². The van der Waals surface area contributed by atoms with Gasteiger partial charge in [0.25, 0.3) is 0 Å². The van der Waals surface area contributed by atoms with Crippen molar-refractivity contribution in [2.75, 3.05) is 0 Å². The van der Waals surface area contributed by atoms with E-state index in [-0.39, 0.29) is 12.1 Å². The van der Waals surface area contributed by atoms with Crippen LogP contribution in [0.5, 0.6) is 0 Å². The van der Waals surface area contributed by atoms with E-state index in [1.807, 2.05) is 33.8 Å². The number of hydrogen-bond acceptors (Lipinski definition) is 4. The van der Waals surface area contributed by atoms with Crippen LogP contribution in [0.25, 0.3) is 0 Å². The number of rotatable bonds is 5. The van der Waals surface area contributed by atoms with E-state index in [1.165, 1.54) is 0 Å². The van der Waals surface area contributed by atoms with Crippen LogP contribution in [0.1, 0.15) is 46.0 Å². The van der Waals surface area contributed by atoms with Gasteiger partial charge in [0, 0.05) is 24.5 Å². The molecule has 96 valence electrons. The second-order valence-electron chi connectivity index (χ2n) is 5.07. The maximum absolute atomic E-state index is 9.30. The molecule has 2 atom stereocenters. The largest absolute Gasteiger partial charge is 0.320 e. The van der Waals surface area contributed by atoms with Crippen LogP contribution in [0.3, 0.4) is 0 Å². The third-order valence-electron chi connectivity index (χ3n) is 2.80. The zero-order valence-corrected chi connectivity index (χ0v) is 11.3. The predicted molar refractivity (Wildman–Crippen MR) is 68.6 cm³/mol. The van der Waals surface area contributed by atoms with Crippen molar-refractivity contribution in [1.82, 2.24) is 14.9 Å². The maximum Gasteiger partial charge on any atom is 0.212 e. The molecule has 0 saturated heterocycles. The highest BCUT2D eigenvalue weighted by atomic mass is 15.1. The number of nitriles is 2. The van der Waals surface area contributed by atoms with Crippen LogP contribution in [-0.2, 0) is 0 Å². The minimum Gasteiger partial charge on any atom is -0.320 e. The predicted octanol–water partition coefficient (Wildman–Crippen LogP) is 1.99. The van der Waals surface area contributed by atoms with Gasteiger partial charge in [-0.1, -0.05) is 0 Å². The Balaban J connectivity index is 2.84. The van der Waals surface area contributed by atoms with E-state index in [0.717, 1.165) is 0 Å². The van der Waals surface area contributed by atoms with Crippen molar-refractivity contribution in [3.8, 4) is 12.1 Å². The van der Waals surface area contributed by atoms with E-state index in [4.69, 9.17) is 5.26 Å². The molecular weight excluding hydrogens is 226 g/mol. The first-order valence-electron chi connectivity index (χ1n) is 6.03. The molecular formula is C13H19N5. The first-order chi connectivity index (χ1) is 8.41. The monoisotopic (exact) mass is 245 g/mol. The maximum atomic E-state index is 9.30. The van der Waals surface area contributed by atoms with Gasteiger partial charge in [0.15, 0.2) is 0 Å². The summed E-state index contributed by atoms with van der Waals surface area (Å²) in [6.45, 7) is 7.89. The highest BCUT2D eigenvalue weighted by Gasteiger charge is 2.28. The first kappa shape index (κ1) is 14.2. The topological polar surface area (TPSA) is 77.4 Å². The molecule has 0 aliphatic carbocycles. The Hall–Kier alpha value is -1.85. The molecule has 0 spiro atoms. The Morgan fingerprint density at radius 2 is 2.11 bits per heavy atom. The molecule has 0 fully saturated rings. The summed E-state index contributed by atoms with van der Waals surface area (Å²) in [5.74, 6) is 0.382. The number of nitrogens with one attached hydrogen (secondary N) is 1. The fourth-order valence-corrected chi connectivity index (χ4v) is 2.22. The standard InChI is InChI=1S/C13H19N5/c1-10(2)17-13(4,9-15)7-11(3)18-6-5-16-12(18)8-14/h5-6,10-11,17H,7H2,1-4H3. The van der Waals surface area contributed by atoms with Crippen molar-refractivity contribution in [3.05, 3.63) is 18.2 Å². The molecule has 0 amide bonds. The zero-order chi connectivity index (χ0) is 13.8. The second-order valence-corrected chi connectivity index (χ2v) is 5.07. The van der Waals surface area contributed by atoms with E-state index >= 15 is 0 Å². The van der Waals surface area contributed by atoms with E-state index < -0.39 is 5.54 Å². The summed E-state index contributed by atoms with van der Waals surface area (Å²) in [4.78, 5) is 3.97. The Labute approximate surface area is 108 Å². The van der Waals surface area contributed by atoms with E-state index in [1.54, 1.807) is 17.0 Å². The number of nitrogens with zero attached hydrogens (tertiary/aromatic N) is 4. The summed E-state index contributed by atoms with van der Waals surface area (Å²) in [7, 11) is 0. The molecule has 1 aromatic rings. The molecule has 0 aliphatic rings. The molecule has 0 aliphatic heterocycles. The summed E-state index contributed by atoms with van der Waals surface area (Å²) in [6, 6.07) is 4.64. The fourth-order valence-electron chi connectivity index (χ4n) is 2.22. The summed E-state index contributed by atoms with van der Waals surface area (Å²) in [5.41, 5.74) is -0.607. The minimum atomic E-state index is -0.607. The van der Waals surface area contributed by atoms with Gasteiger partial charge in [-0.15, -0.1) is 0 Å². The lowest BCUT2D eigenvalue weighted by Gasteiger charge is -2.29. The summed E-state index contributed by atoms with van der Waals surface area (Å²) < 4.78 is 1.80. The molecule has 1 rings (SSSR count). The third kappa shape index (κ3) is 3.32. The van der Waals surface area contributed by atoms with E-state index in [2.05, 4.69) is 16.4 Å².